The Kier molecular flexibility index (Phi) is 7.21. The molecule has 2 N–H and O–H groups in total. The highest BCUT2D eigenvalue weighted by Crippen LogP contribution is 2.15. The van der Waals surface area contributed by atoms with Gasteiger partial charge in [0.05, 0.1) is 18.8 Å². The summed E-state index contributed by atoms with van der Waals surface area (Å²) in [5.74, 6) is 0.455. The third kappa shape index (κ3) is 5.99. The number of nitrogens with zero attached hydrogens (tertiary/aromatic N) is 1. The first-order valence-electron chi connectivity index (χ1n) is 7.92. The third-order valence-electron chi connectivity index (χ3n) is 3.52. The van der Waals surface area contributed by atoms with Crippen molar-refractivity contribution in [1.82, 2.24) is 5.32 Å². The number of benzene rings is 2. The van der Waals surface area contributed by atoms with E-state index in [2.05, 4.69) is 11.4 Å². The fraction of sp³-hybridized carbons (Fsp3) is 0.316. The molecule has 0 saturated carbocycles. The minimum Gasteiger partial charge on any atom is -0.494 e. The van der Waals surface area contributed by atoms with Crippen LogP contribution in [0.15, 0.2) is 48.5 Å². The summed E-state index contributed by atoms with van der Waals surface area (Å²) in [4.78, 5) is 0. The smallest absolute Gasteiger partial charge is 0.123 e. The zero-order chi connectivity index (χ0) is 17.2. The van der Waals surface area contributed by atoms with Crippen molar-refractivity contribution in [2.24, 2.45) is 0 Å². The van der Waals surface area contributed by atoms with E-state index in [4.69, 9.17) is 10.00 Å². The molecule has 0 bridgehead atoms. The van der Waals surface area contributed by atoms with E-state index in [1.54, 1.807) is 12.1 Å². The molecule has 0 amide bonds. The van der Waals surface area contributed by atoms with Crippen molar-refractivity contribution >= 4 is 0 Å². The Balaban J connectivity index is 1.77. The van der Waals surface area contributed by atoms with Crippen LogP contribution in [0.5, 0.6) is 5.75 Å². The molecule has 0 radical (unpaired) electrons. The molecule has 2 aromatic carbocycles. The van der Waals surface area contributed by atoms with Gasteiger partial charge in [-0.15, -0.1) is 0 Å². The van der Waals surface area contributed by atoms with E-state index < -0.39 is 6.10 Å². The predicted octanol–water partition coefficient (Wildman–Crippen LogP) is 3.33. The number of ether oxygens (including phenoxy) is 1. The summed E-state index contributed by atoms with van der Waals surface area (Å²) < 4.78 is 18.5. The van der Waals surface area contributed by atoms with Gasteiger partial charge in [-0.25, -0.2) is 4.39 Å². The van der Waals surface area contributed by atoms with Crippen LogP contribution in [0.4, 0.5) is 4.39 Å². The van der Waals surface area contributed by atoms with Gasteiger partial charge in [0.15, 0.2) is 0 Å². The van der Waals surface area contributed by atoms with Gasteiger partial charge in [0.25, 0.3) is 0 Å². The molecule has 2 aromatic rings. The van der Waals surface area contributed by atoms with Crippen molar-refractivity contribution < 1.29 is 14.2 Å². The molecular formula is C19H21FN2O2. The molecule has 0 aromatic heterocycles. The zero-order valence-corrected chi connectivity index (χ0v) is 13.4. The maximum absolute atomic E-state index is 12.9. The van der Waals surface area contributed by atoms with Gasteiger partial charge in [-0.05, 0) is 41.8 Å². The molecule has 4 nitrogen and oxygen atoms in total. The maximum atomic E-state index is 12.9. The second-order valence-corrected chi connectivity index (χ2v) is 5.46. The molecule has 2 rings (SSSR count). The van der Waals surface area contributed by atoms with Crippen molar-refractivity contribution in [2.75, 3.05) is 13.2 Å². The lowest BCUT2D eigenvalue weighted by molar-refractivity contribution is 0.174. The van der Waals surface area contributed by atoms with Gasteiger partial charge >= 0.3 is 0 Å². The maximum Gasteiger partial charge on any atom is 0.123 e. The fourth-order valence-corrected chi connectivity index (χ4v) is 2.24. The minimum absolute atomic E-state index is 0.314. The second-order valence-electron chi connectivity index (χ2n) is 5.46. The topological polar surface area (TPSA) is 65.3 Å². The van der Waals surface area contributed by atoms with Crippen LogP contribution in [0.1, 0.15) is 30.1 Å². The number of unbranched alkanes of at least 4 members (excludes halogenated alkanes) is 1. The third-order valence-corrected chi connectivity index (χ3v) is 3.52. The van der Waals surface area contributed by atoms with Crippen molar-refractivity contribution in [1.29, 1.82) is 5.26 Å². The minimum atomic E-state index is -0.684. The van der Waals surface area contributed by atoms with Crippen LogP contribution in [0.2, 0.25) is 0 Å². The standard InChI is InChI=1S/C19H21FN2O2/c20-17-8-6-16(7-9-17)19(23)14-22-13-15-4-3-5-18(12-15)24-11-2-1-10-21/h3-9,12,19,22-23H,1-2,11,13-14H2. The Labute approximate surface area is 141 Å². The molecular weight excluding hydrogens is 307 g/mol. The summed E-state index contributed by atoms with van der Waals surface area (Å²) in [6.45, 7) is 1.49. The first-order chi connectivity index (χ1) is 11.7. The van der Waals surface area contributed by atoms with E-state index in [1.807, 2.05) is 24.3 Å². The number of hydrogen-bond donors (Lipinski definition) is 2. The van der Waals surface area contributed by atoms with E-state index in [0.717, 1.165) is 11.3 Å². The lowest BCUT2D eigenvalue weighted by Gasteiger charge is -2.13. The Hall–Kier alpha value is -2.42. The Morgan fingerprint density at radius 1 is 1.21 bits per heavy atom. The number of nitrogens with one attached hydrogen (secondary N) is 1. The van der Waals surface area contributed by atoms with E-state index in [-0.39, 0.29) is 5.82 Å². The summed E-state index contributed by atoms with van der Waals surface area (Å²) in [7, 11) is 0. The number of aliphatic hydroxyl groups is 1. The average Bonchev–Trinajstić information content (AvgIpc) is 2.60. The molecule has 1 unspecified atom stereocenters. The molecule has 1 atom stereocenters. The summed E-state index contributed by atoms with van der Waals surface area (Å²) in [5.41, 5.74) is 1.72. The van der Waals surface area contributed by atoms with Crippen molar-refractivity contribution in [3.63, 3.8) is 0 Å². The Morgan fingerprint density at radius 3 is 2.75 bits per heavy atom. The van der Waals surface area contributed by atoms with Crippen LogP contribution in [-0.4, -0.2) is 18.3 Å². The average molecular weight is 328 g/mol. The van der Waals surface area contributed by atoms with Gasteiger partial charge in [0, 0.05) is 19.5 Å². The van der Waals surface area contributed by atoms with Gasteiger partial charge in [-0.1, -0.05) is 24.3 Å². The van der Waals surface area contributed by atoms with E-state index >= 15 is 0 Å². The lowest BCUT2D eigenvalue weighted by atomic mass is 10.1. The van der Waals surface area contributed by atoms with Crippen LogP contribution in [0.25, 0.3) is 0 Å². The first kappa shape index (κ1) is 17.9. The Bertz CT molecular complexity index is 668. The van der Waals surface area contributed by atoms with Gasteiger partial charge in [0.1, 0.15) is 11.6 Å². The lowest BCUT2D eigenvalue weighted by Crippen LogP contribution is -2.21. The highest BCUT2D eigenvalue weighted by molar-refractivity contribution is 5.28. The number of halogens is 1. The van der Waals surface area contributed by atoms with Crippen LogP contribution in [0, 0.1) is 17.1 Å². The van der Waals surface area contributed by atoms with Crippen molar-refractivity contribution in [3.8, 4) is 11.8 Å². The van der Waals surface area contributed by atoms with Crippen LogP contribution < -0.4 is 10.1 Å². The normalized spacial score (nSPS) is 11.7. The molecule has 5 heteroatoms. The SMILES string of the molecule is N#CCCCOc1cccc(CNCC(O)c2ccc(F)cc2)c1. The molecule has 0 fully saturated rings. The van der Waals surface area contributed by atoms with Crippen LogP contribution in [-0.2, 0) is 6.54 Å². The summed E-state index contributed by atoms with van der Waals surface area (Å²) in [6, 6.07) is 15.6. The number of aliphatic hydroxyl groups excluding tert-OH is 1. The monoisotopic (exact) mass is 328 g/mol. The summed E-state index contributed by atoms with van der Waals surface area (Å²) in [5, 5.41) is 21.7. The quantitative estimate of drug-likeness (QED) is 0.693. The van der Waals surface area contributed by atoms with Crippen LogP contribution >= 0.6 is 0 Å². The molecule has 0 heterocycles. The fourth-order valence-electron chi connectivity index (χ4n) is 2.24. The van der Waals surface area contributed by atoms with Gasteiger partial charge in [0.2, 0.25) is 0 Å². The summed E-state index contributed by atoms with van der Waals surface area (Å²) >= 11 is 0. The molecule has 0 aliphatic carbocycles. The molecule has 0 aliphatic rings. The van der Waals surface area contributed by atoms with Crippen molar-refractivity contribution in [2.45, 2.75) is 25.5 Å². The predicted molar refractivity (Wildman–Crippen MR) is 89.9 cm³/mol. The number of hydrogen-bond acceptors (Lipinski definition) is 4. The largest absolute Gasteiger partial charge is 0.494 e. The van der Waals surface area contributed by atoms with Gasteiger partial charge < -0.3 is 15.2 Å². The zero-order valence-electron chi connectivity index (χ0n) is 13.4. The number of nitriles is 1. The highest BCUT2D eigenvalue weighted by Gasteiger charge is 2.07. The van der Waals surface area contributed by atoms with E-state index in [9.17, 15) is 9.50 Å². The molecule has 0 saturated heterocycles. The van der Waals surface area contributed by atoms with Gasteiger partial charge in [-0.2, -0.15) is 5.26 Å². The number of rotatable bonds is 9. The highest BCUT2D eigenvalue weighted by atomic mass is 19.1. The van der Waals surface area contributed by atoms with Crippen molar-refractivity contribution in [3.05, 3.63) is 65.5 Å². The first-order valence-corrected chi connectivity index (χ1v) is 7.92. The van der Waals surface area contributed by atoms with Gasteiger partial charge in [-0.3, -0.25) is 0 Å². The van der Waals surface area contributed by atoms with Crippen LogP contribution in [0.3, 0.4) is 0 Å². The molecule has 0 spiro atoms. The van der Waals surface area contributed by atoms with E-state index in [1.165, 1.54) is 12.1 Å². The van der Waals surface area contributed by atoms with E-state index in [0.29, 0.717) is 38.1 Å². The molecule has 0 aliphatic heterocycles. The summed E-state index contributed by atoms with van der Waals surface area (Å²) in [6.07, 6.45) is 0.516. The second kappa shape index (κ2) is 9.66. The Morgan fingerprint density at radius 2 is 2.00 bits per heavy atom. The molecule has 24 heavy (non-hydrogen) atoms. The molecule has 126 valence electrons.